The highest BCUT2D eigenvalue weighted by molar-refractivity contribution is 5.03. The van der Waals surface area contributed by atoms with E-state index in [-0.39, 0.29) is 19.9 Å². The molecule has 4 bridgehead atoms. The number of piperidine rings is 2. The fraction of sp³-hybridized carbons (Fsp3) is 1.00. The minimum atomic E-state index is -0.0252. The van der Waals surface area contributed by atoms with Gasteiger partial charge in [-0.05, 0) is 37.5 Å². The van der Waals surface area contributed by atoms with Crippen LogP contribution in [0.5, 0.6) is 0 Å². The number of hydrogen-bond donors (Lipinski definition) is 2. The third kappa shape index (κ3) is 1.09. The van der Waals surface area contributed by atoms with E-state index in [0.29, 0.717) is 12.0 Å². The molecule has 0 amide bonds. The first kappa shape index (κ1) is 8.79. The van der Waals surface area contributed by atoms with Crippen molar-refractivity contribution < 1.29 is 18.9 Å². The van der Waals surface area contributed by atoms with Gasteiger partial charge >= 0.3 is 1.43 Å². The van der Waals surface area contributed by atoms with Gasteiger partial charge in [-0.15, -0.1) is 0 Å². The Morgan fingerprint density at radius 2 is 2.00 bits per heavy atom. The molecule has 2 saturated carbocycles. The largest absolute Gasteiger partial charge is 1.00 e. The van der Waals surface area contributed by atoms with Crippen molar-refractivity contribution in [2.45, 2.75) is 43.9 Å². The number of hydrogen-bond acceptors (Lipinski definition) is 2. The summed E-state index contributed by atoms with van der Waals surface area (Å²) in [5.74, 6) is 1.58. The number of aliphatic hydroxyl groups excluding tert-OH is 1. The fourth-order valence-corrected chi connectivity index (χ4v) is 3.39. The van der Waals surface area contributed by atoms with Crippen LogP contribution in [0, 0.1) is 11.8 Å². The fourth-order valence-electron chi connectivity index (χ4n) is 3.39. The molecule has 2 N–H and O–H groups in total. The molecule has 12 heavy (non-hydrogen) atoms. The van der Waals surface area contributed by atoms with E-state index < -0.39 is 0 Å². The summed E-state index contributed by atoms with van der Waals surface area (Å²) in [4.78, 5) is 0. The van der Waals surface area contributed by atoms with Crippen LogP contribution < -0.4 is 17.7 Å². The molecule has 5 atom stereocenters. The molecule has 4 rings (SSSR count). The first-order valence-electron chi connectivity index (χ1n) is 4.77. The van der Waals surface area contributed by atoms with Gasteiger partial charge in [0, 0.05) is 12.1 Å². The van der Waals surface area contributed by atoms with Gasteiger partial charge in [-0.3, -0.25) is 0 Å². The molecule has 2 nitrogen and oxygen atoms in total. The lowest BCUT2D eigenvalue weighted by molar-refractivity contribution is -0.0592. The molecular formula is C9H16ClNO. The van der Waals surface area contributed by atoms with Gasteiger partial charge in [-0.1, -0.05) is 0 Å². The zero-order chi connectivity index (χ0) is 7.42. The van der Waals surface area contributed by atoms with Crippen LogP contribution in [0.4, 0.5) is 0 Å². The lowest BCUT2D eigenvalue weighted by atomic mass is 9.63. The van der Waals surface area contributed by atoms with Crippen molar-refractivity contribution in [3.8, 4) is 0 Å². The van der Waals surface area contributed by atoms with Gasteiger partial charge < -0.3 is 22.8 Å². The first-order valence-corrected chi connectivity index (χ1v) is 4.77. The third-order valence-corrected chi connectivity index (χ3v) is 3.77. The van der Waals surface area contributed by atoms with Crippen LogP contribution in [0.15, 0.2) is 0 Å². The Morgan fingerprint density at radius 1 is 1.17 bits per heavy atom. The zero-order valence-corrected chi connectivity index (χ0v) is 7.80. The molecule has 2 saturated heterocycles. The normalized spacial score (nSPS) is 55.2. The smallest absolute Gasteiger partial charge is 1.00 e. The molecule has 2 aliphatic carbocycles. The Labute approximate surface area is 80.6 Å². The van der Waals surface area contributed by atoms with E-state index >= 15 is 0 Å². The van der Waals surface area contributed by atoms with Crippen molar-refractivity contribution in [2.75, 3.05) is 0 Å². The van der Waals surface area contributed by atoms with E-state index in [2.05, 4.69) is 5.32 Å². The molecular weight excluding hydrogens is 174 g/mol. The van der Waals surface area contributed by atoms with Crippen molar-refractivity contribution in [2.24, 2.45) is 11.8 Å². The van der Waals surface area contributed by atoms with E-state index in [1.807, 2.05) is 0 Å². The summed E-state index contributed by atoms with van der Waals surface area (Å²) in [6.45, 7) is 0. The Balaban J connectivity index is 0.000000422. The zero-order valence-electron chi connectivity index (χ0n) is 8.04. The summed E-state index contributed by atoms with van der Waals surface area (Å²) in [6.07, 6.45) is 5.11. The van der Waals surface area contributed by atoms with Gasteiger partial charge in [0.25, 0.3) is 0 Å². The van der Waals surface area contributed by atoms with Gasteiger partial charge in [-0.2, -0.15) is 0 Å². The molecule has 70 valence electrons. The molecule has 2 aliphatic heterocycles. The van der Waals surface area contributed by atoms with Crippen LogP contribution in [0.25, 0.3) is 0 Å². The van der Waals surface area contributed by atoms with Crippen LogP contribution in [0.3, 0.4) is 0 Å². The molecule has 4 aliphatic rings. The van der Waals surface area contributed by atoms with E-state index in [9.17, 15) is 5.11 Å². The van der Waals surface area contributed by atoms with Gasteiger partial charge in [0.1, 0.15) is 0 Å². The molecule has 0 spiro atoms. The maximum Gasteiger partial charge on any atom is 1.00 e. The van der Waals surface area contributed by atoms with Crippen molar-refractivity contribution in [3.05, 3.63) is 0 Å². The van der Waals surface area contributed by atoms with Crippen LogP contribution >= 0.6 is 0 Å². The second-order valence-corrected chi connectivity index (χ2v) is 4.53. The van der Waals surface area contributed by atoms with Crippen LogP contribution in [-0.4, -0.2) is 23.3 Å². The average Bonchev–Trinajstić information content (AvgIpc) is 1.98. The summed E-state index contributed by atoms with van der Waals surface area (Å²) >= 11 is 0. The van der Waals surface area contributed by atoms with Crippen molar-refractivity contribution >= 4 is 0 Å². The summed E-state index contributed by atoms with van der Waals surface area (Å²) < 4.78 is 0. The standard InChI is InChI=1S/C9H15NO.ClH/c11-9-6-1-5-2-7(4-6)10-8(9)3-5;/h5-11H,1-4H2;1H. The minimum absolute atomic E-state index is 0. The van der Waals surface area contributed by atoms with Crippen LogP contribution in [0.1, 0.15) is 27.1 Å². The van der Waals surface area contributed by atoms with Crippen molar-refractivity contribution in [3.63, 3.8) is 0 Å². The predicted molar refractivity (Wildman–Crippen MR) is 43.3 cm³/mol. The van der Waals surface area contributed by atoms with E-state index in [1.54, 1.807) is 0 Å². The maximum absolute atomic E-state index is 9.76. The number of aliphatic hydroxyl groups is 1. The molecule has 5 unspecified atom stereocenters. The molecule has 0 aromatic rings. The summed E-state index contributed by atoms with van der Waals surface area (Å²) in [6, 6.07) is 1.20. The second-order valence-electron chi connectivity index (χ2n) is 4.53. The van der Waals surface area contributed by atoms with E-state index in [1.165, 1.54) is 25.7 Å². The number of rotatable bonds is 0. The van der Waals surface area contributed by atoms with Gasteiger partial charge in [-0.25, -0.2) is 0 Å². The lowest BCUT2D eigenvalue weighted by Gasteiger charge is -2.53. The highest BCUT2D eigenvalue weighted by Crippen LogP contribution is 2.44. The first-order chi connectivity index (χ1) is 5.33. The Hall–Kier alpha value is 0.210. The minimum Gasteiger partial charge on any atom is -1.00 e. The lowest BCUT2D eigenvalue weighted by Crippen LogP contribution is -3.00. The molecule has 0 aromatic carbocycles. The Bertz CT molecular complexity index is 162. The summed E-state index contributed by atoms with van der Waals surface area (Å²) in [7, 11) is 0. The third-order valence-electron chi connectivity index (χ3n) is 3.77. The van der Waals surface area contributed by atoms with Gasteiger partial charge in [0.2, 0.25) is 0 Å². The highest BCUT2D eigenvalue weighted by atomic mass is 35.5. The van der Waals surface area contributed by atoms with Crippen LogP contribution in [0.2, 0.25) is 0 Å². The quantitative estimate of drug-likeness (QED) is 0.447. The monoisotopic (exact) mass is 189 g/mol. The molecule has 2 heterocycles. The topological polar surface area (TPSA) is 32.3 Å². The summed E-state index contributed by atoms with van der Waals surface area (Å²) in [5, 5.41) is 13.3. The number of nitrogens with one attached hydrogen (secondary N) is 1. The van der Waals surface area contributed by atoms with Crippen LogP contribution in [-0.2, 0) is 0 Å². The SMILES string of the molecule is OC1C2CC3CC(C2)NC1C3.[Cl-].[H+]. The maximum atomic E-state index is 9.76. The average molecular weight is 190 g/mol. The van der Waals surface area contributed by atoms with E-state index in [4.69, 9.17) is 0 Å². The second kappa shape index (κ2) is 2.86. The van der Waals surface area contributed by atoms with E-state index in [0.717, 1.165) is 12.0 Å². The summed E-state index contributed by atoms with van der Waals surface area (Å²) in [5.41, 5.74) is 0. The molecule has 0 radical (unpaired) electrons. The molecule has 3 heteroatoms. The highest BCUT2D eigenvalue weighted by Gasteiger charge is 2.47. The Morgan fingerprint density at radius 3 is 2.67 bits per heavy atom. The Kier molecular flexibility index (Phi) is 2.10. The molecule has 4 fully saturated rings. The number of halogens is 1. The predicted octanol–water partition coefficient (Wildman–Crippen LogP) is -2.38. The van der Waals surface area contributed by atoms with Gasteiger partial charge in [0.15, 0.2) is 0 Å². The van der Waals surface area contributed by atoms with Crippen molar-refractivity contribution in [1.82, 2.24) is 5.32 Å². The molecule has 0 aromatic heterocycles. The van der Waals surface area contributed by atoms with Crippen molar-refractivity contribution in [1.29, 1.82) is 0 Å². The van der Waals surface area contributed by atoms with Gasteiger partial charge in [0.05, 0.1) is 6.10 Å².